The van der Waals surface area contributed by atoms with Crippen LogP contribution in [-0.4, -0.2) is 123 Å². The number of allylic oxidation sites excluding steroid dienone is 10. The minimum absolute atomic E-state index is 0.0243. The van der Waals surface area contributed by atoms with Gasteiger partial charge in [-0.05, 0) is 57.8 Å². The molecule has 10 N–H and O–H groups in total. The van der Waals surface area contributed by atoms with Gasteiger partial charge in [0.05, 0.1) is 19.5 Å². The lowest BCUT2D eigenvalue weighted by atomic mass is 9.87. The van der Waals surface area contributed by atoms with Crippen LogP contribution in [-0.2, 0) is 50.7 Å². The van der Waals surface area contributed by atoms with E-state index in [1.165, 1.54) is 39.5 Å². The molecule has 24 nitrogen and oxygen atoms in total. The van der Waals surface area contributed by atoms with E-state index in [4.69, 9.17) is 19.5 Å². The monoisotopic (exact) mass is 1110 g/mol. The Morgan fingerprint density at radius 2 is 1.42 bits per heavy atom. The summed E-state index contributed by atoms with van der Waals surface area (Å²) in [5.41, 5.74) is 4.28. The van der Waals surface area contributed by atoms with Crippen molar-refractivity contribution in [2.24, 2.45) is 5.41 Å². The van der Waals surface area contributed by atoms with E-state index in [9.17, 15) is 57.9 Å². The summed E-state index contributed by atoms with van der Waals surface area (Å²) in [5.74, 6) is -1.08. The summed E-state index contributed by atoms with van der Waals surface area (Å²) in [6.45, 7) is 2.73. The highest BCUT2D eigenvalue weighted by atomic mass is 32.2. The summed E-state index contributed by atoms with van der Waals surface area (Å²) < 4.78 is 62.5. The lowest BCUT2D eigenvalue weighted by Crippen LogP contribution is -2.46. The van der Waals surface area contributed by atoms with E-state index in [1.54, 1.807) is 0 Å². The van der Waals surface area contributed by atoms with Crippen LogP contribution in [0.2, 0.25) is 0 Å². The lowest BCUT2D eigenvalue weighted by molar-refractivity contribution is -0.137. The predicted octanol–water partition coefficient (Wildman–Crippen LogP) is 6.15. The second-order valence-electron chi connectivity index (χ2n) is 17.3. The molecule has 0 saturated carbocycles. The first-order valence-corrected chi connectivity index (χ1v) is 29.4. The molecule has 1 saturated heterocycles. The number of amides is 2. The van der Waals surface area contributed by atoms with E-state index >= 15 is 0 Å². The van der Waals surface area contributed by atoms with Crippen LogP contribution in [0.1, 0.15) is 110 Å². The van der Waals surface area contributed by atoms with Gasteiger partial charge in [-0.15, -0.1) is 0 Å². The number of nitrogens with zero attached hydrogens (tertiary/aromatic N) is 4. The van der Waals surface area contributed by atoms with Gasteiger partial charge in [-0.3, -0.25) is 32.5 Å². The van der Waals surface area contributed by atoms with Crippen molar-refractivity contribution in [2.45, 2.75) is 135 Å². The number of nitrogens with one attached hydrogen (secondary N) is 2. The molecule has 2 unspecified atom stereocenters. The topological polar surface area (TPSA) is 364 Å². The molecule has 3 rings (SSSR count). The van der Waals surface area contributed by atoms with Crippen molar-refractivity contribution in [3.05, 3.63) is 73.4 Å². The molecular formula is C45H72N7O17P3S. The number of rotatable bonds is 36. The number of aromatic nitrogens is 4. The zero-order chi connectivity index (χ0) is 53.9. The summed E-state index contributed by atoms with van der Waals surface area (Å²) in [7, 11) is -16.4. The maximum Gasteiger partial charge on any atom is 0.481 e. The van der Waals surface area contributed by atoms with Crippen LogP contribution in [0.15, 0.2) is 73.4 Å². The third kappa shape index (κ3) is 25.1. The first-order valence-electron chi connectivity index (χ1n) is 23.9. The van der Waals surface area contributed by atoms with E-state index in [1.807, 2.05) is 0 Å². The molecule has 1 aliphatic heterocycles. The average Bonchev–Trinajstić information content (AvgIpc) is 3.88. The summed E-state index contributed by atoms with van der Waals surface area (Å²) in [4.78, 5) is 88.5. The SMILES string of the molecule is CCCCC/C=C\C/C=C\C/C=C\C/C=C\C/C=C\CCCCC(=O)SCCNC(=O)CCNC(=O)[C@@H](O)C(C)(C)COP(=O)(O)OP(=O)(O)OC[C@H]1O[C@@H](n2cnc3c(N)ncnc32)[C@H](O)[C@@H]1OP(=O)(O)O. The van der Waals surface area contributed by atoms with E-state index in [0.29, 0.717) is 12.2 Å². The molecule has 410 valence electrons. The molecule has 2 amide bonds. The second kappa shape index (κ2) is 32.6. The van der Waals surface area contributed by atoms with Crippen molar-refractivity contribution in [2.75, 3.05) is 37.8 Å². The molecule has 0 radical (unpaired) electrons. The third-order valence-corrected chi connectivity index (χ3v) is 14.7. The van der Waals surface area contributed by atoms with Gasteiger partial charge >= 0.3 is 23.5 Å². The number of carbonyl (C=O) groups is 3. The van der Waals surface area contributed by atoms with Gasteiger partial charge in [-0.2, -0.15) is 4.31 Å². The minimum Gasteiger partial charge on any atom is -0.386 e. The zero-order valence-corrected chi connectivity index (χ0v) is 44.8. The predicted molar refractivity (Wildman–Crippen MR) is 274 cm³/mol. The Bertz CT molecular complexity index is 2340. The van der Waals surface area contributed by atoms with E-state index in [2.05, 4.69) is 102 Å². The van der Waals surface area contributed by atoms with Crippen molar-refractivity contribution in [1.29, 1.82) is 0 Å². The Morgan fingerprint density at radius 3 is 2.03 bits per heavy atom. The number of hydrogen-bond donors (Lipinski definition) is 9. The maximum absolute atomic E-state index is 12.8. The first kappa shape index (κ1) is 63.6. The van der Waals surface area contributed by atoms with Gasteiger partial charge in [0.25, 0.3) is 0 Å². The van der Waals surface area contributed by atoms with Gasteiger partial charge in [-0.25, -0.2) is 28.6 Å². The van der Waals surface area contributed by atoms with Crippen molar-refractivity contribution < 1.29 is 80.5 Å². The van der Waals surface area contributed by atoms with E-state index in [0.717, 1.165) is 73.9 Å². The number of phosphoric ester groups is 3. The minimum atomic E-state index is -5.58. The van der Waals surface area contributed by atoms with Gasteiger partial charge in [0.2, 0.25) is 11.8 Å². The van der Waals surface area contributed by atoms with E-state index in [-0.39, 0.29) is 41.6 Å². The molecule has 0 spiro atoms. The maximum atomic E-state index is 12.8. The van der Waals surface area contributed by atoms with Crippen molar-refractivity contribution in [3.63, 3.8) is 0 Å². The molecule has 2 aromatic heterocycles. The summed E-state index contributed by atoms with van der Waals surface area (Å²) in [6, 6.07) is 0. The number of nitrogen functional groups attached to an aromatic ring is 1. The molecule has 0 aromatic carbocycles. The van der Waals surface area contributed by atoms with Crippen molar-refractivity contribution in [1.82, 2.24) is 30.2 Å². The van der Waals surface area contributed by atoms with Crippen LogP contribution in [0.4, 0.5) is 5.82 Å². The van der Waals surface area contributed by atoms with Crippen LogP contribution in [0.3, 0.4) is 0 Å². The average molecular weight is 1110 g/mol. The van der Waals surface area contributed by atoms with Crippen LogP contribution >= 0.6 is 35.2 Å². The Labute approximate surface area is 429 Å². The quantitative estimate of drug-likeness (QED) is 0.0210. The smallest absolute Gasteiger partial charge is 0.386 e. The summed E-state index contributed by atoms with van der Waals surface area (Å²) >= 11 is 1.12. The van der Waals surface area contributed by atoms with Gasteiger partial charge in [-0.1, -0.05) is 106 Å². The number of phosphoric acid groups is 3. The van der Waals surface area contributed by atoms with Crippen molar-refractivity contribution >= 4 is 69.1 Å². The molecule has 7 atom stereocenters. The Hall–Kier alpha value is -3.74. The fourth-order valence-electron chi connectivity index (χ4n) is 6.73. The van der Waals surface area contributed by atoms with Crippen LogP contribution in [0, 0.1) is 5.41 Å². The first-order chi connectivity index (χ1) is 34.6. The number of hydrogen-bond acceptors (Lipinski definition) is 18. The molecule has 73 heavy (non-hydrogen) atoms. The number of ether oxygens (including phenoxy) is 1. The molecule has 28 heteroatoms. The number of aliphatic hydroxyl groups is 2. The fourth-order valence-corrected chi connectivity index (χ4v) is 10.3. The number of nitrogens with two attached hydrogens (primary N) is 1. The zero-order valence-electron chi connectivity index (χ0n) is 41.3. The molecule has 1 aliphatic rings. The summed E-state index contributed by atoms with van der Waals surface area (Å²) in [6.07, 6.45) is 26.4. The summed E-state index contributed by atoms with van der Waals surface area (Å²) in [5, 5.41) is 26.6. The number of carbonyl (C=O) groups excluding carboxylic acids is 3. The van der Waals surface area contributed by atoms with Gasteiger partial charge in [0.1, 0.15) is 36.3 Å². The van der Waals surface area contributed by atoms with Crippen LogP contribution in [0.5, 0.6) is 0 Å². The highest BCUT2D eigenvalue weighted by molar-refractivity contribution is 8.13. The third-order valence-electron chi connectivity index (χ3n) is 10.7. The number of anilines is 1. The Morgan fingerprint density at radius 1 is 0.836 bits per heavy atom. The normalized spacial score (nSPS) is 20.0. The second-order valence-corrected chi connectivity index (χ2v) is 22.7. The number of unbranched alkanes of at least 4 members (excludes halogenated alkanes) is 5. The largest absolute Gasteiger partial charge is 0.481 e. The molecule has 3 heterocycles. The van der Waals surface area contributed by atoms with Gasteiger partial charge < -0.3 is 50.9 Å². The molecule has 1 fully saturated rings. The molecule has 0 bridgehead atoms. The van der Waals surface area contributed by atoms with Gasteiger partial charge in [0, 0.05) is 37.1 Å². The highest BCUT2D eigenvalue weighted by Crippen LogP contribution is 2.61. The van der Waals surface area contributed by atoms with Crippen LogP contribution < -0.4 is 16.4 Å². The van der Waals surface area contributed by atoms with Crippen molar-refractivity contribution in [3.8, 4) is 0 Å². The highest BCUT2D eigenvalue weighted by Gasteiger charge is 2.50. The molecule has 2 aromatic rings. The Balaban J connectivity index is 1.26. The number of thioether (sulfide) groups is 1. The number of aliphatic hydroxyl groups excluding tert-OH is 2. The van der Waals surface area contributed by atoms with Gasteiger partial charge in [0.15, 0.2) is 22.8 Å². The number of imidazole rings is 1. The fraction of sp³-hybridized carbons (Fsp3) is 0.600. The molecule has 0 aliphatic carbocycles. The molecular weight excluding hydrogens is 1040 g/mol. The Kier molecular flexibility index (Phi) is 28.4. The lowest BCUT2D eigenvalue weighted by Gasteiger charge is -2.30. The number of fused-ring (bicyclic) bond motifs is 1. The van der Waals surface area contributed by atoms with E-state index < -0.39 is 84.6 Å². The van der Waals surface area contributed by atoms with Crippen LogP contribution in [0.25, 0.3) is 11.2 Å². The standard InChI is InChI=1S/C45H72N7O17P3S/c1-4-5-6-7-8-9-10-11-12-13-14-15-16-17-18-19-20-21-22-23-24-25-36(54)73-29-28-47-35(53)26-27-48-43(57)40(56)45(2,3)31-66-72(63,64)69-71(61,62)65-30-34-39(68-70(58,59)60)38(55)44(67-34)52-33-51-37-41(46)49-32-50-42(37)52/h8-9,11-12,14-15,17-18,20-21,32-34,38-40,44,55-56H,4-7,10,13,16,19,22-31H2,1-3H3,(H,47,53)(H,48,57)(H,61,62)(H,63,64)(H2,46,49,50)(H2,58,59,60)/b9-8-,12-11-,15-14-,18-17-,21-20-/t34-,38-,39-,40-,44-/m1/s1.